The minimum Gasteiger partial charge on any atom is -0.478 e. The van der Waals surface area contributed by atoms with E-state index in [1.54, 1.807) is 12.1 Å². The zero-order valence-corrected chi connectivity index (χ0v) is 14.1. The van der Waals surface area contributed by atoms with Crippen molar-refractivity contribution in [3.05, 3.63) is 70.8 Å². The second-order valence-corrected chi connectivity index (χ2v) is 6.34. The number of carbonyl (C=O) groups excluding carboxylic acids is 1. The van der Waals surface area contributed by atoms with Gasteiger partial charge in [-0.15, -0.1) is 0 Å². The summed E-state index contributed by atoms with van der Waals surface area (Å²) in [5, 5.41) is 12.2. The molecule has 0 unspecified atom stereocenters. The maximum absolute atomic E-state index is 11.7. The Bertz CT molecular complexity index is 739. The Morgan fingerprint density at radius 1 is 0.960 bits per heavy atom. The molecular formula is C20H22N2O3. The maximum Gasteiger partial charge on any atom is 0.335 e. The summed E-state index contributed by atoms with van der Waals surface area (Å²) in [6.45, 7) is 2.98. The van der Waals surface area contributed by atoms with Gasteiger partial charge in [-0.1, -0.05) is 36.4 Å². The normalized spacial score (nSPS) is 14.1. The highest BCUT2D eigenvalue weighted by molar-refractivity contribution is 5.87. The van der Waals surface area contributed by atoms with E-state index in [0.29, 0.717) is 25.1 Å². The van der Waals surface area contributed by atoms with Crippen LogP contribution in [0.25, 0.3) is 0 Å². The number of hydrogen-bond acceptors (Lipinski definition) is 3. The number of nitrogens with zero attached hydrogens (tertiary/aromatic N) is 1. The number of carboxylic acid groups (broad SMARTS) is 1. The number of likely N-dealkylation sites (tertiary alicyclic amines) is 1. The van der Waals surface area contributed by atoms with Crippen LogP contribution >= 0.6 is 0 Å². The van der Waals surface area contributed by atoms with E-state index in [1.807, 2.05) is 17.0 Å². The Hall–Kier alpha value is -2.66. The SMILES string of the molecule is O=C(O)c1ccc(CNCc2ccc(CN3CCCC3=O)cc2)cc1. The van der Waals surface area contributed by atoms with E-state index in [0.717, 1.165) is 30.6 Å². The second-order valence-electron chi connectivity index (χ2n) is 6.34. The summed E-state index contributed by atoms with van der Waals surface area (Å²) >= 11 is 0. The molecular weight excluding hydrogens is 316 g/mol. The van der Waals surface area contributed by atoms with Crippen molar-refractivity contribution in [2.24, 2.45) is 0 Å². The van der Waals surface area contributed by atoms with Gasteiger partial charge in [0, 0.05) is 32.6 Å². The highest BCUT2D eigenvalue weighted by atomic mass is 16.4. The number of benzene rings is 2. The third kappa shape index (κ3) is 4.67. The molecule has 1 saturated heterocycles. The molecule has 0 atom stereocenters. The predicted molar refractivity (Wildman–Crippen MR) is 95.0 cm³/mol. The molecule has 0 radical (unpaired) electrons. The topological polar surface area (TPSA) is 69.6 Å². The number of nitrogens with one attached hydrogen (secondary N) is 1. The van der Waals surface area contributed by atoms with Gasteiger partial charge in [0.15, 0.2) is 0 Å². The Morgan fingerprint density at radius 3 is 2.04 bits per heavy atom. The Labute approximate surface area is 147 Å². The predicted octanol–water partition coefficient (Wildman–Crippen LogP) is 2.80. The van der Waals surface area contributed by atoms with Gasteiger partial charge >= 0.3 is 5.97 Å². The summed E-state index contributed by atoms with van der Waals surface area (Å²) in [5.41, 5.74) is 3.69. The van der Waals surface area contributed by atoms with Crippen LogP contribution in [0.15, 0.2) is 48.5 Å². The van der Waals surface area contributed by atoms with Crippen LogP contribution in [0, 0.1) is 0 Å². The van der Waals surface area contributed by atoms with Crippen LogP contribution < -0.4 is 5.32 Å². The summed E-state index contributed by atoms with van der Waals surface area (Å²) < 4.78 is 0. The summed E-state index contributed by atoms with van der Waals surface area (Å²) in [6.07, 6.45) is 1.64. The largest absolute Gasteiger partial charge is 0.478 e. The smallest absolute Gasteiger partial charge is 0.335 e. The first-order chi connectivity index (χ1) is 12.1. The molecule has 5 heteroatoms. The van der Waals surface area contributed by atoms with Gasteiger partial charge in [0.2, 0.25) is 5.91 Å². The minimum absolute atomic E-state index is 0.250. The lowest BCUT2D eigenvalue weighted by Crippen LogP contribution is -2.23. The van der Waals surface area contributed by atoms with Gasteiger partial charge in [-0.3, -0.25) is 4.79 Å². The number of amides is 1. The molecule has 25 heavy (non-hydrogen) atoms. The molecule has 2 aromatic rings. The van der Waals surface area contributed by atoms with Crippen molar-refractivity contribution in [3.63, 3.8) is 0 Å². The summed E-state index contributed by atoms with van der Waals surface area (Å²) in [7, 11) is 0. The van der Waals surface area contributed by atoms with Gasteiger partial charge in [0.1, 0.15) is 0 Å². The molecule has 1 fully saturated rings. The van der Waals surface area contributed by atoms with Crippen LogP contribution in [0.4, 0.5) is 0 Å². The highest BCUT2D eigenvalue weighted by Crippen LogP contribution is 2.15. The molecule has 3 rings (SSSR count). The van der Waals surface area contributed by atoms with E-state index in [4.69, 9.17) is 5.11 Å². The van der Waals surface area contributed by atoms with Gasteiger partial charge in [-0.2, -0.15) is 0 Å². The molecule has 0 aliphatic carbocycles. The molecule has 5 nitrogen and oxygen atoms in total. The molecule has 0 spiro atoms. The van der Waals surface area contributed by atoms with Crippen LogP contribution in [0.3, 0.4) is 0 Å². The number of hydrogen-bond donors (Lipinski definition) is 2. The van der Waals surface area contributed by atoms with Crippen molar-refractivity contribution in [2.45, 2.75) is 32.5 Å². The molecule has 1 amide bonds. The van der Waals surface area contributed by atoms with Gasteiger partial charge in [0.05, 0.1) is 5.56 Å². The van der Waals surface area contributed by atoms with E-state index in [1.165, 1.54) is 5.56 Å². The van der Waals surface area contributed by atoms with Gasteiger partial charge in [0.25, 0.3) is 0 Å². The zero-order valence-electron chi connectivity index (χ0n) is 14.1. The maximum atomic E-state index is 11.7. The van der Waals surface area contributed by atoms with E-state index < -0.39 is 5.97 Å². The number of carboxylic acids is 1. The summed E-state index contributed by atoms with van der Waals surface area (Å²) in [6, 6.07) is 15.2. The Balaban J connectivity index is 1.46. The van der Waals surface area contributed by atoms with Crippen LogP contribution in [0.5, 0.6) is 0 Å². The Morgan fingerprint density at radius 2 is 1.52 bits per heavy atom. The molecule has 130 valence electrons. The van der Waals surface area contributed by atoms with Crippen LogP contribution in [0.2, 0.25) is 0 Å². The molecule has 2 N–H and O–H groups in total. The van der Waals surface area contributed by atoms with Crippen molar-refractivity contribution in [1.29, 1.82) is 0 Å². The molecule has 1 heterocycles. The van der Waals surface area contributed by atoms with Crippen molar-refractivity contribution < 1.29 is 14.7 Å². The molecule has 1 aliphatic rings. The lowest BCUT2D eigenvalue weighted by molar-refractivity contribution is -0.128. The number of rotatable bonds is 7. The van der Waals surface area contributed by atoms with Crippen molar-refractivity contribution in [2.75, 3.05) is 6.54 Å². The number of aromatic carboxylic acids is 1. The van der Waals surface area contributed by atoms with E-state index in [-0.39, 0.29) is 5.91 Å². The third-order valence-electron chi connectivity index (χ3n) is 4.43. The van der Waals surface area contributed by atoms with Gasteiger partial charge in [-0.25, -0.2) is 4.79 Å². The molecule has 0 aromatic heterocycles. The average Bonchev–Trinajstić information content (AvgIpc) is 3.02. The fraction of sp³-hybridized carbons (Fsp3) is 0.300. The highest BCUT2D eigenvalue weighted by Gasteiger charge is 2.19. The minimum atomic E-state index is -0.907. The lowest BCUT2D eigenvalue weighted by Gasteiger charge is -2.15. The molecule has 0 bridgehead atoms. The van der Waals surface area contributed by atoms with Crippen molar-refractivity contribution in [3.8, 4) is 0 Å². The lowest BCUT2D eigenvalue weighted by atomic mass is 10.1. The monoisotopic (exact) mass is 338 g/mol. The van der Waals surface area contributed by atoms with E-state index in [9.17, 15) is 9.59 Å². The van der Waals surface area contributed by atoms with Gasteiger partial charge < -0.3 is 15.3 Å². The van der Waals surface area contributed by atoms with E-state index >= 15 is 0 Å². The second kappa shape index (κ2) is 7.94. The third-order valence-corrected chi connectivity index (χ3v) is 4.43. The number of carbonyl (C=O) groups is 2. The molecule has 2 aromatic carbocycles. The standard InChI is InChI=1S/C20H22N2O3/c23-19-2-1-11-22(19)14-17-5-3-15(4-6-17)12-21-13-16-7-9-18(10-8-16)20(24)25/h3-10,21H,1-2,11-14H2,(H,24,25). The van der Waals surface area contributed by atoms with E-state index in [2.05, 4.69) is 29.6 Å². The van der Waals surface area contributed by atoms with Crippen LogP contribution in [-0.4, -0.2) is 28.4 Å². The summed E-state index contributed by atoms with van der Waals surface area (Å²) in [5.74, 6) is -0.658. The zero-order chi connectivity index (χ0) is 17.6. The van der Waals surface area contributed by atoms with Crippen LogP contribution in [0.1, 0.15) is 39.9 Å². The van der Waals surface area contributed by atoms with Crippen molar-refractivity contribution in [1.82, 2.24) is 10.2 Å². The van der Waals surface area contributed by atoms with Crippen LogP contribution in [-0.2, 0) is 24.4 Å². The first kappa shape index (κ1) is 17.2. The fourth-order valence-corrected chi connectivity index (χ4v) is 2.97. The average molecular weight is 338 g/mol. The first-order valence-electron chi connectivity index (χ1n) is 8.50. The Kier molecular flexibility index (Phi) is 5.46. The molecule has 0 saturated carbocycles. The fourth-order valence-electron chi connectivity index (χ4n) is 2.97. The first-order valence-corrected chi connectivity index (χ1v) is 8.50. The van der Waals surface area contributed by atoms with Crippen molar-refractivity contribution >= 4 is 11.9 Å². The quantitative estimate of drug-likeness (QED) is 0.814. The molecule has 1 aliphatic heterocycles. The van der Waals surface area contributed by atoms with Gasteiger partial charge in [-0.05, 0) is 35.2 Å². The summed E-state index contributed by atoms with van der Waals surface area (Å²) in [4.78, 5) is 24.4.